The van der Waals surface area contributed by atoms with Crippen LogP contribution in [0.4, 0.5) is 8.78 Å². The highest BCUT2D eigenvalue weighted by Gasteiger charge is 2.45. The number of H-pyrrole nitrogens is 1. The lowest BCUT2D eigenvalue weighted by atomic mass is 10.1. The number of halogens is 2. The van der Waals surface area contributed by atoms with Crippen molar-refractivity contribution in [1.82, 2.24) is 9.97 Å². The number of hydrogen-bond donors (Lipinski definition) is 1. The maximum Gasteiger partial charge on any atom is 0.387 e. The molecule has 26 heavy (non-hydrogen) atoms. The maximum atomic E-state index is 12.7. The lowest BCUT2D eigenvalue weighted by Gasteiger charge is -2.11. The molecule has 0 radical (unpaired) electrons. The van der Waals surface area contributed by atoms with Crippen molar-refractivity contribution < 1.29 is 23.0 Å². The molecule has 1 N–H and O–H groups in total. The third-order valence-corrected chi connectivity index (χ3v) is 4.58. The van der Waals surface area contributed by atoms with Crippen LogP contribution in [-0.2, 0) is 0 Å². The van der Waals surface area contributed by atoms with Gasteiger partial charge in [-0.2, -0.15) is 8.78 Å². The Morgan fingerprint density at radius 3 is 2.77 bits per heavy atom. The number of benzene rings is 2. The van der Waals surface area contributed by atoms with Crippen LogP contribution in [0.3, 0.4) is 0 Å². The molecule has 4 rings (SSSR count). The number of aromatic amines is 1. The molecule has 3 aromatic rings. The summed E-state index contributed by atoms with van der Waals surface area (Å²) in [7, 11) is 1.39. The predicted molar refractivity (Wildman–Crippen MR) is 90.9 cm³/mol. The summed E-state index contributed by atoms with van der Waals surface area (Å²) in [6, 6.07) is 12.2. The smallest absolute Gasteiger partial charge is 0.387 e. The fraction of sp³-hybridized carbons (Fsp3) is 0.263. The largest absolute Gasteiger partial charge is 0.493 e. The Labute approximate surface area is 148 Å². The number of para-hydroxylation sites is 2. The summed E-state index contributed by atoms with van der Waals surface area (Å²) in [5.41, 5.74) is 2.43. The average Bonchev–Trinajstić information content (AvgIpc) is 3.31. The van der Waals surface area contributed by atoms with E-state index >= 15 is 0 Å². The van der Waals surface area contributed by atoms with Crippen LogP contribution in [0.25, 0.3) is 11.0 Å². The number of Topliss-reactive ketones (excluding diaryl/α,β-unsaturated/α-hetero) is 1. The van der Waals surface area contributed by atoms with E-state index in [1.807, 2.05) is 24.3 Å². The van der Waals surface area contributed by atoms with Crippen molar-refractivity contribution in [2.75, 3.05) is 7.11 Å². The Hall–Kier alpha value is -2.96. The highest BCUT2D eigenvalue weighted by Crippen LogP contribution is 2.50. The second-order valence-corrected chi connectivity index (χ2v) is 6.20. The number of aromatic nitrogens is 2. The minimum atomic E-state index is -2.92. The number of rotatable bonds is 6. The first-order chi connectivity index (χ1) is 12.6. The minimum absolute atomic E-state index is 0.0187. The molecule has 1 aliphatic rings. The van der Waals surface area contributed by atoms with Gasteiger partial charge in [0.1, 0.15) is 0 Å². The molecule has 0 saturated heterocycles. The van der Waals surface area contributed by atoms with Crippen molar-refractivity contribution in [1.29, 1.82) is 0 Å². The Kier molecular flexibility index (Phi) is 4.06. The number of fused-ring (bicyclic) bond motifs is 1. The maximum absolute atomic E-state index is 12.7. The molecule has 0 bridgehead atoms. The lowest BCUT2D eigenvalue weighted by Crippen LogP contribution is -2.06. The Morgan fingerprint density at radius 2 is 2.04 bits per heavy atom. The van der Waals surface area contributed by atoms with Crippen LogP contribution >= 0.6 is 0 Å². The summed E-state index contributed by atoms with van der Waals surface area (Å²) in [5, 5.41) is 0. The first kappa shape index (κ1) is 16.5. The third-order valence-electron chi connectivity index (χ3n) is 4.58. The van der Waals surface area contributed by atoms with Crippen LogP contribution in [0, 0.1) is 5.92 Å². The molecule has 0 spiro atoms. The standard InChI is InChI=1S/C19H16F2N2O3/c1-25-16-8-10(6-7-15(16)26-19(20)21)11-9-12(11)17(24)18-22-13-4-2-3-5-14(13)23-18/h2-8,11-12,19H,9H2,1H3,(H,22,23)/t11-,12+/m0/s1. The van der Waals surface area contributed by atoms with Crippen LogP contribution < -0.4 is 9.47 Å². The summed E-state index contributed by atoms with van der Waals surface area (Å²) in [5.74, 6) is 0.352. The van der Waals surface area contributed by atoms with E-state index in [4.69, 9.17) is 4.74 Å². The normalized spacial score (nSPS) is 18.9. The molecular formula is C19H16F2N2O3. The number of imidazole rings is 1. The van der Waals surface area contributed by atoms with E-state index in [-0.39, 0.29) is 29.1 Å². The molecule has 2 atom stereocenters. The number of ketones is 1. The Bertz CT molecular complexity index is 937. The number of nitrogens with zero attached hydrogens (tertiary/aromatic N) is 1. The van der Waals surface area contributed by atoms with Crippen LogP contribution in [0.5, 0.6) is 11.5 Å². The number of nitrogens with one attached hydrogen (secondary N) is 1. The Morgan fingerprint density at radius 1 is 1.23 bits per heavy atom. The van der Waals surface area contributed by atoms with Gasteiger partial charge >= 0.3 is 6.61 Å². The SMILES string of the molecule is COc1cc([C@@H]2C[C@H]2C(=O)c2nc3ccccc3[nH]2)ccc1OC(F)F. The van der Waals surface area contributed by atoms with Crippen molar-refractivity contribution in [2.45, 2.75) is 19.0 Å². The van der Waals surface area contributed by atoms with E-state index in [0.717, 1.165) is 16.6 Å². The fourth-order valence-corrected chi connectivity index (χ4v) is 3.21. The number of carbonyl (C=O) groups excluding carboxylic acids is 1. The molecule has 0 unspecified atom stereocenters. The molecule has 1 aromatic heterocycles. The zero-order chi connectivity index (χ0) is 18.3. The zero-order valence-corrected chi connectivity index (χ0v) is 13.9. The van der Waals surface area contributed by atoms with Crippen LogP contribution in [0.2, 0.25) is 0 Å². The van der Waals surface area contributed by atoms with E-state index in [2.05, 4.69) is 14.7 Å². The van der Waals surface area contributed by atoms with E-state index in [1.165, 1.54) is 13.2 Å². The summed E-state index contributed by atoms with van der Waals surface area (Å²) in [4.78, 5) is 20.1. The highest BCUT2D eigenvalue weighted by atomic mass is 19.3. The molecule has 1 heterocycles. The van der Waals surface area contributed by atoms with Crippen molar-refractivity contribution in [3.05, 3.63) is 53.9 Å². The number of alkyl halides is 2. The lowest BCUT2D eigenvalue weighted by molar-refractivity contribution is -0.0512. The van der Waals surface area contributed by atoms with Crippen LogP contribution in [0.15, 0.2) is 42.5 Å². The number of carbonyl (C=O) groups is 1. The second kappa shape index (κ2) is 6.40. The zero-order valence-electron chi connectivity index (χ0n) is 13.9. The highest BCUT2D eigenvalue weighted by molar-refractivity contribution is 5.99. The van der Waals surface area contributed by atoms with Gasteiger partial charge in [0.25, 0.3) is 0 Å². The van der Waals surface area contributed by atoms with Crippen LogP contribution in [-0.4, -0.2) is 29.5 Å². The van der Waals surface area contributed by atoms with Crippen molar-refractivity contribution >= 4 is 16.8 Å². The van der Waals surface area contributed by atoms with Gasteiger partial charge in [0, 0.05) is 5.92 Å². The van der Waals surface area contributed by atoms with Gasteiger partial charge in [0.2, 0.25) is 5.78 Å². The van der Waals surface area contributed by atoms with E-state index < -0.39 is 6.61 Å². The third kappa shape index (κ3) is 3.00. The molecular weight excluding hydrogens is 342 g/mol. The van der Waals surface area contributed by atoms with Crippen molar-refractivity contribution in [2.24, 2.45) is 5.92 Å². The molecule has 7 heteroatoms. The molecule has 134 valence electrons. The molecule has 0 amide bonds. The first-order valence-electron chi connectivity index (χ1n) is 8.18. The molecule has 1 saturated carbocycles. The van der Waals surface area contributed by atoms with Gasteiger partial charge < -0.3 is 14.5 Å². The summed E-state index contributed by atoms with van der Waals surface area (Å²) in [6.45, 7) is -2.92. The quantitative estimate of drug-likeness (QED) is 0.672. The molecule has 1 fully saturated rings. The van der Waals surface area contributed by atoms with E-state index in [9.17, 15) is 13.6 Å². The van der Waals surface area contributed by atoms with E-state index in [0.29, 0.717) is 12.2 Å². The summed E-state index contributed by atoms with van der Waals surface area (Å²) >= 11 is 0. The van der Waals surface area contributed by atoms with Gasteiger partial charge in [-0.25, -0.2) is 4.98 Å². The van der Waals surface area contributed by atoms with Gasteiger partial charge in [-0.15, -0.1) is 0 Å². The van der Waals surface area contributed by atoms with Crippen molar-refractivity contribution in [3.8, 4) is 11.5 Å². The molecule has 1 aliphatic carbocycles. The van der Waals surface area contributed by atoms with Gasteiger partial charge in [-0.1, -0.05) is 18.2 Å². The Balaban J connectivity index is 1.53. The first-order valence-corrected chi connectivity index (χ1v) is 8.18. The van der Waals surface area contributed by atoms with Crippen LogP contribution in [0.1, 0.15) is 28.5 Å². The topological polar surface area (TPSA) is 64.2 Å². The number of methoxy groups -OCH3 is 1. The summed E-state index contributed by atoms with van der Waals surface area (Å²) < 4.78 is 34.4. The van der Waals surface area contributed by atoms with E-state index in [1.54, 1.807) is 12.1 Å². The average molecular weight is 358 g/mol. The molecule has 2 aromatic carbocycles. The molecule has 5 nitrogen and oxygen atoms in total. The van der Waals surface area contributed by atoms with Gasteiger partial charge in [0.05, 0.1) is 18.1 Å². The van der Waals surface area contributed by atoms with Gasteiger partial charge in [-0.3, -0.25) is 4.79 Å². The second-order valence-electron chi connectivity index (χ2n) is 6.20. The predicted octanol–water partition coefficient (Wildman–Crippen LogP) is 4.16. The summed E-state index contributed by atoms with van der Waals surface area (Å²) in [6.07, 6.45) is 0.689. The van der Waals surface area contributed by atoms with Crippen molar-refractivity contribution in [3.63, 3.8) is 0 Å². The number of ether oxygens (including phenoxy) is 2. The molecule has 0 aliphatic heterocycles. The number of hydrogen-bond acceptors (Lipinski definition) is 4. The monoisotopic (exact) mass is 358 g/mol. The van der Waals surface area contributed by atoms with Gasteiger partial charge in [0.15, 0.2) is 17.3 Å². The fourth-order valence-electron chi connectivity index (χ4n) is 3.21. The minimum Gasteiger partial charge on any atom is -0.493 e. The van der Waals surface area contributed by atoms with Gasteiger partial charge in [-0.05, 0) is 42.2 Å².